The minimum Gasteiger partial charge on any atom is -0.293 e. The highest BCUT2D eigenvalue weighted by molar-refractivity contribution is 5.19. The zero-order valence-electron chi connectivity index (χ0n) is 6.25. The molecule has 0 aliphatic heterocycles. The number of hydrogen-bond acceptors (Lipinski definition) is 1. The van der Waals surface area contributed by atoms with Gasteiger partial charge in [0.05, 0.1) is 0 Å². The standard InChI is InChI=1S/C6H7F3N2O/c1-2-3-4(6(7,8)9)10-11-5(3)12/h2H2,1H3,(H2,10,11,12). The molecule has 12 heavy (non-hydrogen) atoms. The van der Waals surface area contributed by atoms with Crippen LogP contribution in [0.3, 0.4) is 0 Å². The van der Waals surface area contributed by atoms with Gasteiger partial charge in [-0.25, -0.2) is 0 Å². The van der Waals surface area contributed by atoms with E-state index in [2.05, 4.69) is 0 Å². The second kappa shape index (κ2) is 2.69. The van der Waals surface area contributed by atoms with Crippen molar-refractivity contribution in [1.29, 1.82) is 0 Å². The van der Waals surface area contributed by atoms with Crippen molar-refractivity contribution >= 4 is 0 Å². The first kappa shape index (κ1) is 8.89. The van der Waals surface area contributed by atoms with Crippen LogP contribution in [-0.2, 0) is 12.6 Å². The highest BCUT2D eigenvalue weighted by atomic mass is 19.4. The van der Waals surface area contributed by atoms with E-state index in [1.165, 1.54) is 6.92 Å². The lowest BCUT2D eigenvalue weighted by atomic mass is 10.2. The Labute approximate surface area is 65.6 Å². The van der Waals surface area contributed by atoms with Crippen LogP contribution in [0.15, 0.2) is 4.79 Å². The molecule has 1 heterocycles. The third-order valence-electron chi connectivity index (χ3n) is 1.51. The number of rotatable bonds is 1. The van der Waals surface area contributed by atoms with Gasteiger partial charge in [-0.1, -0.05) is 6.92 Å². The van der Waals surface area contributed by atoms with Gasteiger partial charge in [0.2, 0.25) is 0 Å². The summed E-state index contributed by atoms with van der Waals surface area (Å²) in [5.74, 6) is 0. The Morgan fingerprint density at radius 1 is 1.33 bits per heavy atom. The van der Waals surface area contributed by atoms with E-state index in [0.29, 0.717) is 0 Å². The summed E-state index contributed by atoms with van der Waals surface area (Å²) in [7, 11) is 0. The van der Waals surface area contributed by atoms with Crippen molar-refractivity contribution in [3.8, 4) is 0 Å². The molecule has 0 spiro atoms. The second-order valence-corrected chi connectivity index (χ2v) is 2.28. The molecule has 0 aromatic carbocycles. The van der Waals surface area contributed by atoms with Gasteiger partial charge >= 0.3 is 6.18 Å². The van der Waals surface area contributed by atoms with Crippen LogP contribution in [0.2, 0.25) is 0 Å². The number of alkyl halides is 3. The Morgan fingerprint density at radius 3 is 2.25 bits per heavy atom. The van der Waals surface area contributed by atoms with Gasteiger partial charge in [0, 0.05) is 5.56 Å². The van der Waals surface area contributed by atoms with Crippen LogP contribution in [0.1, 0.15) is 18.2 Å². The SMILES string of the molecule is CCc1c(C(F)(F)F)[nH][nH]c1=O. The van der Waals surface area contributed by atoms with E-state index in [0.717, 1.165) is 0 Å². The highest BCUT2D eigenvalue weighted by Gasteiger charge is 2.35. The summed E-state index contributed by atoms with van der Waals surface area (Å²) < 4.78 is 36.2. The lowest BCUT2D eigenvalue weighted by Gasteiger charge is -2.03. The van der Waals surface area contributed by atoms with Crippen molar-refractivity contribution in [2.45, 2.75) is 19.5 Å². The molecule has 0 saturated carbocycles. The van der Waals surface area contributed by atoms with E-state index in [1.807, 2.05) is 5.10 Å². The molecule has 0 radical (unpaired) electrons. The Balaban J connectivity index is 3.26. The molecule has 0 atom stereocenters. The predicted octanol–water partition coefficient (Wildman–Crippen LogP) is 1.28. The van der Waals surface area contributed by atoms with Crippen molar-refractivity contribution < 1.29 is 13.2 Å². The van der Waals surface area contributed by atoms with Crippen molar-refractivity contribution in [2.75, 3.05) is 0 Å². The van der Waals surface area contributed by atoms with Gasteiger partial charge < -0.3 is 0 Å². The van der Waals surface area contributed by atoms with Crippen LogP contribution in [-0.4, -0.2) is 10.2 Å². The summed E-state index contributed by atoms with van der Waals surface area (Å²) >= 11 is 0. The minimum absolute atomic E-state index is 0.0632. The van der Waals surface area contributed by atoms with Crippen LogP contribution < -0.4 is 5.56 Å². The van der Waals surface area contributed by atoms with E-state index < -0.39 is 17.4 Å². The maximum Gasteiger partial charge on any atom is 0.433 e. The number of H-pyrrole nitrogens is 2. The Bertz CT molecular complexity index is 322. The molecular formula is C6H7F3N2O. The Hall–Kier alpha value is -1.20. The van der Waals surface area contributed by atoms with Crippen LogP contribution >= 0.6 is 0 Å². The number of aromatic amines is 2. The van der Waals surface area contributed by atoms with Gasteiger partial charge in [-0.05, 0) is 6.42 Å². The first-order valence-corrected chi connectivity index (χ1v) is 3.33. The maximum atomic E-state index is 12.1. The first-order chi connectivity index (χ1) is 5.46. The third kappa shape index (κ3) is 1.37. The predicted molar refractivity (Wildman–Crippen MR) is 35.8 cm³/mol. The average Bonchev–Trinajstić information content (AvgIpc) is 2.29. The van der Waals surface area contributed by atoms with Crippen molar-refractivity contribution in [1.82, 2.24) is 10.2 Å². The summed E-state index contributed by atoms with van der Waals surface area (Å²) in [6, 6.07) is 0. The summed E-state index contributed by atoms with van der Waals surface area (Å²) in [6.45, 7) is 1.49. The lowest BCUT2D eigenvalue weighted by Crippen LogP contribution is -2.12. The minimum atomic E-state index is -4.48. The van der Waals surface area contributed by atoms with Gasteiger partial charge in [-0.15, -0.1) is 0 Å². The fraction of sp³-hybridized carbons (Fsp3) is 0.500. The third-order valence-corrected chi connectivity index (χ3v) is 1.51. The summed E-state index contributed by atoms with van der Waals surface area (Å²) in [5, 5.41) is 3.70. The molecule has 0 amide bonds. The van der Waals surface area contributed by atoms with Crippen LogP contribution in [0.4, 0.5) is 13.2 Å². The number of aromatic nitrogens is 2. The van der Waals surface area contributed by atoms with E-state index in [4.69, 9.17) is 0 Å². The largest absolute Gasteiger partial charge is 0.433 e. The van der Waals surface area contributed by atoms with Crippen molar-refractivity contribution in [3.05, 3.63) is 21.6 Å². The molecular weight excluding hydrogens is 173 g/mol. The zero-order chi connectivity index (χ0) is 9.35. The summed E-state index contributed by atoms with van der Waals surface area (Å²) in [4.78, 5) is 10.7. The molecule has 1 aromatic rings. The van der Waals surface area contributed by atoms with Crippen LogP contribution in [0.25, 0.3) is 0 Å². The fourth-order valence-electron chi connectivity index (χ4n) is 0.963. The molecule has 0 fully saturated rings. The lowest BCUT2D eigenvalue weighted by molar-refractivity contribution is -0.141. The molecule has 68 valence electrons. The van der Waals surface area contributed by atoms with E-state index in [1.54, 1.807) is 5.10 Å². The molecule has 1 rings (SSSR count). The zero-order valence-corrected chi connectivity index (χ0v) is 6.25. The van der Waals surface area contributed by atoms with Crippen LogP contribution in [0.5, 0.6) is 0 Å². The normalized spacial score (nSPS) is 12.0. The number of halogens is 3. The smallest absolute Gasteiger partial charge is 0.293 e. The average molecular weight is 180 g/mol. The topological polar surface area (TPSA) is 48.6 Å². The second-order valence-electron chi connectivity index (χ2n) is 2.28. The Morgan fingerprint density at radius 2 is 1.92 bits per heavy atom. The highest BCUT2D eigenvalue weighted by Crippen LogP contribution is 2.28. The number of hydrogen-bond donors (Lipinski definition) is 2. The van der Waals surface area contributed by atoms with E-state index >= 15 is 0 Å². The monoisotopic (exact) mass is 180 g/mol. The molecule has 0 bridgehead atoms. The van der Waals surface area contributed by atoms with E-state index in [-0.39, 0.29) is 12.0 Å². The number of nitrogens with one attached hydrogen (secondary N) is 2. The quantitative estimate of drug-likeness (QED) is 0.672. The van der Waals surface area contributed by atoms with Crippen molar-refractivity contribution in [2.24, 2.45) is 0 Å². The molecule has 2 N–H and O–H groups in total. The molecule has 0 unspecified atom stereocenters. The molecule has 1 aromatic heterocycles. The molecule has 0 aliphatic carbocycles. The van der Waals surface area contributed by atoms with Gasteiger partial charge in [0.15, 0.2) is 0 Å². The Kier molecular flexibility index (Phi) is 1.99. The molecule has 0 aliphatic rings. The van der Waals surface area contributed by atoms with Gasteiger partial charge in [0.25, 0.3) is 5.56 Å². The van der Waals surface area contributed by atoms with Crippen LogP contribution in [0, 0.1) is 0 Å². The van der Waals surface area contributed by atoms with E-state index in [9.17, 15) is 18.0 Å². The van der Waals surface area contributed by atoms with Gasteiger partial charge in [-0.3, -0.25) is 15.0 Å². The molecule has 3 nitrogen and oxygen atoms in total. The summed E-state index contributed by atoms with van der Waals surface area (Å²) in [5.41, 5.74) is -1.93. The van der Waals surface area contributed by atoms with Gasteiger partial charge in [0.1, 0.15) is 5.69 Å². The van der Waals surface area contributed by atoms with Gasteiger partial charge in [-0.2, -0.15) is 13.2 Å². The maximum absolute atomic E-state index is 12.1. The molecule has 0 saturated heterocycles. The fourth-order valence-corrected chi connectivity index (χ4v) is 0.963. The first-order valence-electron chi connectivity index (χ1n) is 3.33. The summed E-state index contributed by atoms with van der Waals surface area (Å²) in [6.07, 6.45) is -4.42. The van der Waals surface area contributed by atoms with Crippen molar-refractivity contribution in [3.63, 3.8) is 0 Å². The molecule has 6 heteroatoms.